The van der Waals surface area contributed by atoms with Crippen LogP contribution in [0.1, 0.15) is 15.9 Å². The quantitative estimate of drug-likeness (QED) is 0.450. The third-order valence-corrected chi connectivity index (χ3v) is 4.53. The number of hydrogen-bond acceptors (Lipinski definition) is 3. The van der Waals surface area contributed by atoms with Crippen LogP contribution in [0, 0.1) is 5.82 Å². The van der Waals surface area contributed by atoms with E-state index in [0.717, 1.165) is 22.2 Å². The first-order chi connectivity index (χ1) is 12.2. The lowest BCUT2D eigenvalue weighted by molar-refractivity contribution is 0.104. The summed E-state index contributed by atoms with van der Waals surface area (Å²) < 4.78 is 13.2. The number of halogens is 1. The number of hydrogen-bond donors (Lipinski definition) is 0. The topological polar surface area (TPSA) is 42.9 Å². The predicted octanol–water partition coefficient (Wildman–Crippen LogP) is 4.65. The molecule has 1 aliphatic carbocycles. The fourth-order valence-corrected chi connectivity index (χ4v) is 3.37. The lowest BCUT2D eigenvalue weighted by Crippen LogP contribution is -2.11. The van der Waals surface area contributed by atoms with Crippen LogP contribution in [0.3, 0.4) is 0 Å². The van der Waals surface area contributed by atoms with Gasteiger partial charge in [0.1, 0.15) is 5.82 Å². The first kappa shape index (κ1) is 14.0. The number of nitrogens with zero attached hydrogens (tertiary/aromatic N) is 2. The number of benzene rings is 2. The van der Waals surface area contributed by atoms with Gasteiger partial charge in [0.05, 0.1) is 16.9 Å². The minimum Gasteiger partial charge on any atom is -0.289 e. The van der Waals surface area contributed by atoms with Crippen molar-refractivity contribution in [3.05, 3.63) is 83.8 Å². The molecule has 0 atom stereocenters. The molecular weight excluding hydrogens is 315 g/mol. The average molecular weight is 326 g/mol. The first-order valence-corrected chi connectivity index (χ1v) is 7.92. The van der Waals surface area contributed by atoms with Crippen LogP contribution in [0.15, 0.2) is 66.9 Å². The largest absolute Gasteiger partial charge is 0.289 e. The zero-order valence-corrected chi connectivity index (χ0v) is 13.0. The summed E-state index contributed by atoms with van der Waals surface area (Å²) in [5.74, 6) is -0.339. The molecule has 0 bridgehead atoms. The molecule has 5 rings (SSSR count). The molecule has 2 aromatic heterocycles. The predicted molar refractivity (Wildman–Crippen MR) is 93.8 cm³/mol. The van der Waals surface area contributed by atoms with Crippen molar-refractivity contribution in [1.29, 1.82) is 0 Å². The van der Waals surface area contributed by atoms with Gasteiger partial charge in [-0.15, -0.1) is 0 Å². The van der Waals surface area contributed by atoms with E-state index in [1.165, 1.54) is 12.1 Å². The van der Waals surface area contributed by atoms with E-state index < -0.39 is 0 Å². The molecule has 4 aromatic rings. The van der Waals surface area contributed by atoms with E-state index in [-0.39, 0.29) is 11.6 Å². The highest BCUT2D eigenvalue weighted by Gasteiger charge is 2.27. The molecule has 25 heavy (non-hydrogen) atoms. The Morgan fingerprint density at radius 3 is 2.40 bits per heavy atom. The summed E-state index contributed by atoms with van der Waals surface area (Å²) in [6, 6.07) is 17.2. The van der Waals surface area contributed by atoms with E-state index in [0.29, 0.717) is 22.3 Å². The van der Waals surface area contributed by atoms with E-state index in [4.69, 9.17) is 0 Å². The number of aromatic nitrogens is 2. The van der Waals surface area contributed by atoms with Crippen LogP contribution in [-0.4, -0.2) is 15.8 Å². The van der Waals surface area contributed by atoms with Crippen LogP contribution in [0.2, 0.25) is 0 Å². The van der Waals surface area contributed by atoms with Gasteiger partial charge in [-0.3, -0.25) is 9.78 Å². The summed E-state index contributed by atoms with van der Waals surface area (Å²) in [6.07, 6.45) is 1.70. The van der Waals surface area contributed by atoms with E-state index in [1.54, 1.807) is 30.5 Å². The van der Waals surface area contributed by atoms with Gasteiger partial charge < -0.3 is 0 Å². The Morgan fingerprint density at radius 1 is 0.840 bits per heavy atom. The van der Waals surface area contributed by atoms with Gasteiger partial charge in [0.15, 0.2) is 5.78 Å². The van der Waals surface area contributed by atoms with Crippen LogP contribution < -0.4 is 0 Å². The summed E-state index contributed by atoms with van der Waals surface area (Å²) >= 11 is 0. The Kier molecular flexibility index (Phi) is 2.82. The van der Waals surface area contributed by atoms with Crippen molar-refractivity contribution < 1.29 is 9.18 Å². The van der Waals surface area contributed by atoms with E-state index in [1.807, 2.05) is 24.3 Å². The second kappa shape index (κ2) is 5.05. The molecule has 0 fully saturated rings. The first-order valence-electron chi connectivity index (χ1n) is 7.92. The monoisotopic (exact) mass is 326 g/mol. The lowest BCUT2D eigenvalue weighted by Gasteiger charge is -2.19. The zero-order chi connectivity index (χ0) is 17.0. The van der Waals surface area contributed by atoms with Crippen molar-refractivity contribution in [3.8, 4) is 22.5 Å². The van der Waals surface area contributed by atoms with Gasteiger partial charge in [-0.25, -0.2) is 9.37 Å². The van der Waals surface area contributed by atoms with Gasteiger partial charge in [-0.05, 0) is 36.4 Å². The average Bonchev–Trinajstić information content (AvgIpc) is 2.66. The second-order valence-corrected chi connectivity index (χ2v) is 5.99. The van der Waals surface area contributed by atoms with E-state index in [9.17, 15) is 9.18 Å². The van der Waals surface area contributed by atoms with Crippen LogP contribution >= 0.6 is 0 Å². The van der Waals surface area contributed by atoms with Gasteiger partial charge in [0.25, 0.3) is 0 Å². The molecule has 0 unspecified atom stereocenters. The molecule has 1 aliphatic rings. The minimum absolute atomic E-state index is 0.0353. The Morgan fingerprint density at radius 2 is 1.60 bits per heavy atom. The molecule has 3 nitrogen and oxygen atoms in total. The summed E-state index contributed by atoms with van der Waals surface area (Å²) in [4.78, 5) is 22.2. The molecule has 2 heterocycles. The number of carbonyl (C=O) groups excluding carboxylic acids is 1. The molecule has 0 saturated heterocycles. The third kappa shape index (κ3) is 2.01. The Balaban J connectivity index is 1.85. The zero-order valence-electron chi connectivity index (χ0n) is 13.0. The summed E-state index contributed by atoms with van der Waals surface area (Å²) in [5, 5.41) is 0.775. The molecule has 0 saturated carbocycles. The fourth-order valence-electron chi connectivity index (χ4n) is 3.37. The summed E-state index contributed by atoms with van der Waals surface area (Å²) in [5.41, 5.74) is 4.97. The van der Waals surface area contributed by atoms with Crippen molar-refractivity contribution in [3.63, 3.8) is 0 Å². The lowest BCUT2D eigenvalue weighted by atomic mass is 9.86. The molecule has 0 N–H and O–H groups in total. The number of fused-ring (bicyclic) bond motifs is 2. The van der Waals surface area contributed by atoms with Crippen LogP contribution in [-0.2, 0) is 0 Å². The minimum atomic E-state index is -0.303. The highest BCUT2D eigenvalue weighted by Crippen LogP contribution is 2.38. The van der Waals surface area contributed by atoms with Crippen molar-refractivity contribution in [1.82, 2.24) is 9.97 Å². The molecule has 2 aromatic carbocycles. The smallest absolute Gasteiger partial charge is 0.194 e. The standard InChI is InChI=1S/C21H11FN2O/c22-13-7-5-12(6-8-13)18-11-16-19-17(24-18)9-10-23-20(19)14-3-1-2-4-15(14)21(16)25/h1-11H. The van der Waals surface area contributed by atoms with Gasteiger partial charge in [-0.2, -0.15) is 0 Å². The van der Waals surface area contributed by atoms with Gasteiger partial charge >= 0.3 is 0 Å². The van der Waals surface area contributed by atoms with E-state index >= 15 is 0 Å². The normalized spacial score (nSPS) is 12.3. The molecule has 4 heteroatoms. The Hall–Kier alpha value is -3.40. The van der Waals surface area contributed by atoms with Gasteiger partial charge in [0.2, 0.25) is 0 Å². The van der Waals surface area contributed by atoms with Crippen LogP contribution in [0.4, 0.5) is 4.39 Å². The van der Waals surface area contributed by atoms with Crippen molar-refractivity contribution in [2.24, 2.45) is 0 Å². The maximum Gasteiger partial charge on any atom is 0.194 e. The van der Waals surface area contributed by atoms with Gasteiger partial charge in [-0.1, -0.05) is 24.3 Å². The maximum atomic E-state index is 13.2. The highest BCUT2D eigenvalue weighted by molar-refractivity contribution is 6.25. The molecule has 118 valence electrons. The molecule has 0 amide bonds. The van der Waals surface area contributed by atoms with Crippen LogP contribution in [0.5, 0.6) is 0 Å². The fraction of sp³-hybridized carbons (Fsp3) is 0. The third-order valence-electron chi connectivity index (χ3n) is 4.53. The number of pyridine rings is 2. The van der Waals surface area contributed by atoms with Crippen LogP contribution in [0.25, 0.3) is 33.4 Å². The molecule has 0 spiro atoms. The Labute approximate surface area is 142 Å². The number of carbonyl (C=O) groups is 1. The van der Waals surface area contributed by atoms with E-state index in [2.05, 4.69) is 9.97 Å². The van der Waals surface area contributed by atoms with Crippen molar-refractivity contribution in [2.75, 3.05) is 0 Å². The second-order valence-electron chi connectivity index (χ2n) is 5.99. The summed E-state index contributed by atoms with van der Waals surface area (Å²) in [7, 11) is 0. The number of rotatable bonds is 1. The number of ketones is 1. The highest BCUT2D eigenvalue weighted by atomic mass is 19.1. The summed E-state index contributed by atoms with van der Waals surface area (Å²) in [6.45, 7) is 0. The molecular formula is C21H11FN2O. The van der Waals surface area contributed by atoms with Crippen molar-refractivity contribution in [2.45, 2.75) is 0 Å². The molecule has 0 aliphatic heterocycles. The van der Waals surface area contributed by atoms with Gasteiger partial charge in [0, 0.05) is 33.8 Å². The van der Waals surface area contributed by atoms with Crippen molar-refractivity contribution >= 4 is 16.7 Å². The Bertz CT molecular complexity index is 1170. The SMILES string of the molecule is O=C1c2ccccc2-c2nccc3nc(-c4ccc(F)cc4)cc1c23. The maximum absolute atomic E-state index is 13.2. The molecule has 0 radical (unpaired) electrons.